The molecule has 0 bridgehead atoms. The Kier molecular flexibility index (Phi) is 7.01. The van der Waals surface area contributed by atoms with E-state index in [0.29, 0.717) is 20.8 Å². The van der Waals surface area contributed by atoms with Crippen molar-refractivity contribution in [1.29, 1.82) is 0 Å². The van der Waals surface area contributed by atoms with Gasteiger partial charge in [0.2, 0.25) is 12.1 Å². The van der Waals surface area contributed by atoms with Gasteiger partial charge in [-0.25, -0.2) is 0 Å². The lowest BCUT2D eigenvalue weighted by Crippen LogP contribution is -2.40. The zero-order valence-electron chi connectivity index (χ0n) is 18.9. The minimum Gasteiger partial charge on any atom is -0.445 e. The summed E-state index contributed by atoms with van der Waals surface area (Å²) in [6.45, 7) is 1.39. The summed E-state index contributed by atoms with van der Waals surface area (Å²) in [5.74, 6) is -0.123. The fourth-order valence-electron chi connectivity index (χ4n) is 3.31. The largest absolute Gasteiger partial charge is 0.445 e. The van der Waals surface area contributed by atoms with Crippen LogP contribution in [0.25, 0.3) is 6.08 Å². The van der Waals surface area contributed by atoms with Crippen LogP contribution in [-0.2, 0) is 9.53 Å². The van der Waals surface area contributed by atoms with Gasteiger partial charge in [0.05, 0.1) is 5.70 Å². The van der Waals surface area contributed by atoms with Crippen molar-refractivity contribution in [3.05, 3.63) is 93.1 Å². The van der Waals surface area contributed by atoms with E-state index in [4.69, 9.17) is 9.15 Å². The highest BCUT2D eigenvalue weighted by molar-refractivity contribution is 14.1. The minimum atomic E-state index is -0.976. The van der Waals surface area contributed by atoms with Crippen molar-refractivity contribution in [1.82, 2.24) is 10.3 Å². The summed E-state index contributed by atoms with van der Waals surface area (Å²) in [4.78, 5) is 27.4. The maximum absolute atomic E-state index is 13.0. The van der Waals surface area contributed by atoms with Gasteiger partial charge < -0.3 is 19.4 Å². The lowest BCUT2D eigenvalue weighted by Gasteiger charge is -2.22. The Morgan fingerprint density at radius 2 is 1.76 bits per heavy atom. The van der Waals surface area contributed by atoms with Crippen LogP contribution in [0.3, 0.4) is 0 Å². The molecule has 0 aliphatic carbocycles. The Morgan fingerprint density at radius 3 is 2.35 bits per heavy atom. The van der Waals surface area contributed by atoms with Gasteiger partial charge in [-0.05, 0) is 70.6 Å². The molecule has 0 spiro atoms. The summed E-state index contributed by atoms with van der Waals surface area (Å²) >= 11 is 2.04. The molecule has 0 fully saturated rings. The van der Waals surface area contributed by atoms with Crippen LogP contribution in [0.2, 0.25) is 0 Å². The lowest BCUT2D eigenvalue weighted by molar-refractivity contribution is -0.133. The highest BCUT2D eigenvalue weighted by Gasteiger charge is 2.36. The van der Waals surface area contributed by atoms with E-state index in [1.165, 1.54) is 11.9 Å². The molecule has 2 amide bonds. The van der Waals surface area contributed by atoms with Crippen molar-refractivity contribution >= 4 is 52.1 Å². The molecule has 34 heavy (non-hydrogen) atoms. The van der Waals surface area contributed by atoms with Crippen LogP contribution in [0, 0.1) is 3.77 Å². The molecule has 3 aromatic rings. The predicted molar refractivity (Wildman–Crippen MR) is 138 cm³/mol. The number of carbonyl (C=O) groups is 2. The maximum atomic E-state index is 13.0. The molecule has 4 rings (SSSR count). The summed E-state index contributed by atoms with van der Waals surface area (Å²) in [5.41, 5.74) is 2.70. The zero-order valence-corrected chi connectivity index (χ0v) is 21.0. The number of anilines is 1. The second-order valence-electron chi connectivity index (χ2n) is 7.75. The lowest BCUT2D eigenvalue weighted by atomic mass is 10.1. The Balaban J connectivity index is 1.70. The summed E-state index contributed by atoms with van der Waals surface area (Å²) in [7, 11) is 3.92. The van der Waals surface area contributed by atoms with Crippen molar-refractivity contribution in [2.45, 2.75) is 13.2 Å². The van der Waals surface area contributed by atoms with Gasteiger partial charge in [0.1, 0.15) is 0 Å². The van der Waals surface area contributed by atoms with Crippen molar-refractivity contribution in [2.75, 3.05) is 19.0 Å². The molecule has 2 aromatic carbocycles. The predicted octanol–water partition coefficient (Wildman–Crippen LogP) is 4.29. The minimum absolute atomic E-state index is 0.158. The molecule has 8 nitrogen and oxygen atoms in total. The molecule has 2 heterocycles. The number of benzene rings is 2. The van der Waals surface area contributed by atoms with Gasteiger partial charge in [0, 0.05) is 32.3 Å². The fourth-order valence-corrected chi connectivity index (χ4v) is 3.72. The number of rotatable bonds is 6. The number of hydrazone groups is 1. The van der Waals surface area contributed by atoms with Crippen molar-refractivity contribution in [3.63, 3.8) is 0 Å². The van der Waals surface area contributed by atoms with Gasteiger partial charge in [0.15, 0.2) is 9.53 Å². The Morgan fingerprint density at radius 1 is 1.06 bits per heavy atom. The molecule has 1 aliphatic rings. The molecular weight excluding hydrogens is 547 g/mol. The van der Waals surface area contributed by atoms with E-state index in [1.54, 1.807) is 42.5 Å². The molecule has 0 saturated heterocycles. The van der Waals surface area contributed by atoms with E-state index in [1.807, 2.05) is 71.9 Å². The number of furan rings is 1. The van der Waals surface area contributed by atoms with Gasteiger partial charge >= 0.3 is 0 Å². The third-order valence-electron chi connectivity index (χ3n) is 5.04. The second kappa shape index (κ2) is 10.1. The summed E-state index contributed by atoms with van der Waals surface area (Å²) in [6, 6.07) is 20.1. The molecule has 1 atom stereocenters. The third kappa shape index (κ3) is 5.30. The maximum Gasteiger partial charge on any atom is 0.277 e. The monoisotopic (exact) mass is 570 g/mol. The van der Waals surface area contributed by atoms with Crippen LogP contribution in [-0.4, -0.2) is 43.0 Å². The van der Waals surface area contributed by atoms with Gasteiger partial charge in [-0.15, -0.1) is 5.10 Å². The first-order chi connectivity index (χ1) is 16.3. The number of hydrogen-bond donors (Lipinski definition) is 1. The van der Waals surface area contributed by atoms with E-state index in [0.717, 1.165) is 11.3 Å². The van der Waals surface area contributed by atoms with Crippen molar-refractivity contribution in [2.24, 2.45) is 5.10 Å². The summed E-state index contributed by atoms with van der Waals surface area (Å²) in [6.07, 6.45) is 0.794. The molecule has 0 unspecified atom stereocenters. The standard InChI is InChI=1S/C25H23IN4O4/c1-16(31)30-25(34-24(28-30)21-13-14-22(26)33-21)20(27-23(32)18-7-5-4-6-8-18)15-17-9-11-19(12-10-17)29(2)3/h4-15,25H,1-3H3,(H,27,32)/b20-15-/t25-/m0/s1. The first kappa shape index (κ1) is 23.6. The second-order valence-corrected chi connectivity index (χ2v) is 8.81. The van der Waals surface area contributed by atoms with Crippen molar-refractivity contribution in [3.8, 4) is 0 Å². The fraction of sp³-hybridized carbons (Fsp3) is 0.160. The number of halogens is 1. The number of amides is 2. The molecule has 9 heteroatoms. The van der Waals surface area contributed by atoms with Crippen LogP contribution in [0.5, 0.6) is 0 Å². The number of nitrogens with one attached hydrogen (secondary N) is 1. The van der Waals surface area contributed by atoms with E-state index in [9.17, 15) is 9.59 Å². The average molecular weight is 570 g/mol. The zero-order chi connectivity index (χ0) is 24.2. The third-order valence-corrected chi connectivity index (χ3v) is 5.62. The first-order valence-corrected chi connectivity index (χ1v) is 11.6. The van der Waals surface area contributed by atoms with Gasteiger partial charge in [0.25, 0.3) is 11.8 Å². The van der Waals surface area contributed by atoms with Crippen molar-refractivity contribution < 1.29 is 18.7 Å². The Labute approximate surface area is 211 Å². The molecular formula is C25H23IN4O4. The first-order valence-electron chi connectivity index (χ1n) is 10.5. The van der Waals surface area contributed by atoms with Gasteiger partial charge in [-0.3, -0.25) is 9.59 Å². The Bertz CT molecular complexity index is 1250. The average Bonchev–Trinajstić information content (AvgIpc) is 3.46. The molecule has 0 radical (unpaired) electrons. The topological polar surface area (TPSA) is 87.4 Å². The highest BCUT2D eigenvalue weighted by Crippen LogP contribution is 2.25. The molecule has 1 aromatic heterocycles. The van der Waals surface area contributed by atoms with E-state index < -0.39 is 6.23 Å². The summed E-state index contributed by atoms with van der Waals surface area (Å²) in [5, 5.41) is 8.42. The Hall–Kier alpha value is -3.60. The van der Waals surface area contributed by atoms with Crippen LogP contribution >= 0.6 is 22.6 Å². The summed E-state index contributed by atoms with van der Waals surface area (Å²) < 4.78 is 12.3. The molecule has 0 saturated carbocycles. The van der Waals surface area contributed by atoms with Crippen LogP contribution in [0.4, 0.5) is 5.69 Å². The van der Waals surface area contributed by atoms with E-state index >= 15 is 0 Å². The highest BCUT2D eigenvalue weighted by atomic mass is 127. The quantitative estimate of drug-likeness (QED) is 0.447. The van der Waals surface area contributed by atoms with Crippen LogP contribution < -0.4 is 10.2 Å². The van der Waals surface area contributed by atoms with E-state index in [-0.39, 0.29) is 17.7 Å². The SMILES string of the molecule is CC(=O)N1N=C(c2ccc(I)o2)O[C@H]1/C(=C/c1ccc(N(C)C)cc1)NC(=O)c1ccccc1. The smallest absolute Gasteiger partial charge is 0.277 e. The molecule has 1 N–H and O–H groups in total. The van der Waals surface area contributed by atoms with Gasteiger partial charge in [-0.2, -0.15) is 5.01 Å². The molecule has 1 aliphatic heterocycles. The normalized spacial score (nSPS) is 15.5. The number of carbonyl (C=O) groups excluding carboxylic acids is 2. The molecule has 174 valence electrons. The number of ether oxygens (including phenoxy) is 1. The van der Waals surface area contributed by atoms with Gasteiger partial charge in [-0.1, -0.05) is 30.3 Å². The number of hydrogen-bond acceptors (Lipinski definition) is 6. The van der Waals surface area contributed by atoms with Crippen LogP contribution in [0.15, 0.2) is 81.9 Å². The number of nitrogens with zero attached hydrogens (tertiary/aromatic N) is 3. The van der Waals surface area contributed by atoms with Crippen LogP contribution in [0.1, 0.15) is 28.6 Å². The van der Waals surface area contributed by atoms with E-state index in [2.05, 4.69) is 10.4 Å².